The van der Waals surface area contributed by atoms with Crippen molar-refractivity contribution in [1.29, 1.82) is 5.26 Å². The van der Waals surface area contributed by atoms with Crippen molar-refractivity contribution in [3.05, 3.63) is 107 Å². The van der Waals surface area contributed by atoms with Gasteiger partial charge in [0.25, 0.3) is 0 Å². The fraction of sp³-hybridized carbons (Fsp3) is 0.172. The molecule has 0 saturated carbocycles. The van der Waals surface area contributed by atoms with Gasteiger partial charge in [0.15, 0.2) is 6.61 Å². The standard InChI is InChI=1S/C29H26N2O5/c1-4-14-33-21-10-8-20(9-11-21)27-23-13-12-22(15-25(23)36-29(31)24(27)16-30)35-26(32)17-34-28-18(2)6-5-7-19(28)3/h4-13,15,27H,1,14,17,31H2,2-3H3. The van der Waals surface area contributed by atoms with Gasteiger partial charge in [0.2, 0.25) is 5.88 Å². The number of hydrogen-bond acceptors (Lipinski definition) is 7. The van der Waals surface area contributed by atoms with E-state index in [1.807, 2.05) is 56.3 Å². The van der Waals surface area contributed by atoms with E-state index in [1.165, 1.54) is 0 Å². The van der Waals surface area contributed by atoms with Crippen LogP contribution in [0.25, 0.3) is 0 Å². The molecule has 0 aliphatic carbocycles. The summed E-state index contributed by atoms with van der Waals surface area (Å²) in [6.07, 6.45) is 1.67. The summed E-state index contributed by atoms with van der Waals surface area (Å²) < 4.78 is 22.4. The predicted octanol–water partition coefficient (Wildman–Crippen LogP) is 5.07. The van der Waals surface area contributed by atoms with E-state index < -0.39 is 11.9 Å². The molecule has 0 fully saturated rings. The van der Waals surface area contributed by atoms with E-state index in [4.69, 9.17) is 24.7 Å². The number of aryl methyl sites for hydroxylation is 2. The van der Waals surface area contributed by atoms with Crippen LogP contribution in [0.2, 0.25) is 0 Å². The lowest BCUT2D eigenvalue weighted by Gasteiger charge is -2.26. The molecule has 1 unspecified atom stereocenters. The van der Waals surface area contributed by atoms with Gasteiger partial charge in [0, 0.05) is 11.6 Å². The van der Waals surface area contributed by atoms with Crippen LogP contribution in [0.15, 0.2) is 84.8 Å². The molecule has 3 aromatic rings. The van der Waals surface area contributed by atoms with Gasteiger partial charge < -0.3 is 24.7 Å². The van der Waals surface area contributed by atoms with E-state index in [9.17, 15) is 10.1 Å². The zero-order valence-corrected chi connectivity index (χ0v) is 20.1. The second kappa shape index (κ2) is 10.7. The van der Waals surface area contributed by atoms with Gasteiger partial charge in [0.1, 0.15) is 41.2 Å². The van der Waals surface area contributed by atoms with Gasteiger partial charge in [-0.1, -0.05) is 49.1 Å². The summed E-state index contributed by atoms with van der Waals surface area (Å²) in [6, 6.07) is 20.3. The van der Waals surface area contributed by atoms with Crippen molar-refractivity contribution in [1.82, 2.24) is 0 Å². The zero-order chi connectivity index (χ0) is 25.7. The molecule has 3 aromatic carbocycles. The highest BCUT2D eigenvalue weighted by Gasteiger charge is 2.31. The average Bonchev–Trinajstić information content (AvgIpc) is 2.86. The van der Waals surface area contributed by atoms with Crippen molar-refractivity contribution in [3.63, 3.8) is 0 Å². The minimum Gasteiger partial charge on any atom is -0.490 e. The van der Waals surface area contributed by atoms with Gasteiger partial charge in [-0.15, -0.1) is 0 Å². The summed E-state index contributed by atoms with van der Waals surface area (Å²) in [7, 11) is 0. The lowest BCUT2D eigenvalue weighted by molar-refractivity contribution is -0.136. The Hall–Kier alpha value is -4.70. The largest absolute Gasteiger partial charge is 0.490 e. The third kappa shape index (κ3) is 5.18. The van der Waals surface area contributed by atoms with Gasteiger partial charge in [-0.25, -0.2) is 4.79 Å². The summed E-state index contributed by atoms with van der Waals surface area (Å²) in [6.45, 7) is 7.63. The Balaban J connectivity index is 1.53. The second-order valence-electron chi connectivity index (χ2n) is 8.28. The van der Waals surface area contributed by atoms with E-state index >= 15 is 0 Å². The van der Waals surface area contributed by atoms with Crippen LogP contribution in [0.5, 0.6) is 23.0 Å². The molecular weight excluding hydrogens is 456 g/mol. The Kier molecular flexibility index (Phi) is 7.26. The quantitative estimate of drug-likeness (QED) is 0.272. The highest BCUT2D eigenvalue weighted by molar-refractivity contribution is 5.74. The number of ether oxygens (including phenoxy) is 4. The lowest BCUT2D eigenvalue weighted by atomic mass is 9.83. The van der Waals surface area contributed by atoms with Gasteiger partial charge in [-0.05, 0) is 48.7 Å². The first-order valence-electron chi connectivity index (χ1n) is 11.4. The molecule has 4 rings (SSSR count). The Bertz CT molecular complexity index is 1350. The van der Waals surface area contributed by atoms with E-state index in [1.54, 1.807) is 24.3 Å². The van der Waals surface area contributed by atoms with Crippen LogP contribution >= 0.6 is 0 Å². The van der Waals surface area contributed by atoms with Crippen LogP contribution < -0.4 is 24.7 Å². The van der Waals surface area contributed by atoms with Crippen molar-refractivity contribution in [2.45, 2.75) is 19.8 Å². The molecule has 0 amide bonds. The highest BCUT2D eigenvalue weighted by Crippen LogP contribution is 2.43. The monoisotopic (exact) mass is 482 g/mol. The average molecular weight is 483 g/mol. The summed E-state index contributed by atoms with van der Waals surface area (Å²) >= 11 is 0. The summed E-state index contributed by atoms with van der Waals surface area (Å²) in [5.41, 5.74) is 9.84. The van der Waals surface area contributed by atoms with Crippen LogP contribution in [0, 0.1) is 25.2 Å². The minimum absolute atomic E-state index is 0.00354. The third-order valence-electron chi connectivity index (χ3n) is 5.75. The molecule has 36 heavy (non-hydrogen) atoms. The highest BCUT2D eigenvalue weighted by atomic mass is 16.6. The molecule has 182 valence electrons. The number of carbonyl (C=O) groups is 1. The summed E-state index contributed by atoms with van der Waals surface area (Å²) in [5, 5.41) is 9.77. The van der Waals surface area contributed by atoms with Crippen molar-refractivity contribution in [3.8, 4) is 29.1 Å². The molecule has 0 radical (unpaired) electrons. The number of esters is 1. The third-order valence-corrected chi connectivity index (χ3v) is 5.75. The number of nitrogens with two attached hydrogens (primary N) is 1. The van der Waals surface area contributed by atoms with Crippen molar-refractivity contribution in [2.75, 3.05) is 13.2 Å². The first-order chi connectivity index (χ1) is 17.4. The Labute approximate surface area is 210 Å². The first kappa shape index (κ1) is 24.4. The van der Waals surface area contributed by atoms with Crippen molar-refractivity contribution in [2.24, 2.45) is 5.73 Å². The first-order valence-corrected chi connectivity index (χ1v) is 11.4. The van der Waals surface area contributed by atoms with Crippen molar-refractivity contribution < 1.29 is 23.7 Å². The number of rotatable bonds is 8. The number of hydrogen-bond donors (Lipinski definition) is 1. The smallest absolute Gasteiger partial charge is 0.349 e. The Morgan fingerprint density at radius 1 is 1.08 bits per heavy atom. The molecule has 1 atom stereocenters. The number of nitriles is 1. The molecule has 1 heterocycles. The van der Waals surface area contributed by atoms with E-state index in [0.29, 0.717) is 29.4 Å². The number of fused-ring (bicyclic) bond motifs is 1. The molecule has 0 aromatic heterocycles. The summed E-state index contributed by atoms with van der Waals surface area (Å²) in [5.74, 6) is 1.04. The molecular formula is C29H26N2O5. The zero-order valence-electron chi connectivity index (χ0n) is 20.1. The topological polar surface area (TPSA) is 104 Å². The van der Waals surface area contributed by atoms with Crippen LogP contribution in [-0.4, -0.2) is 19.2 Å². The van der Waals surface area contributed by atoms with Crippen molar-refractivity contribution >= 4 is 5.97 Å². The fourth-order valence-corrected chi connectivity index (χ4v) is 4.07. The number of benzene rings is 3. The molecule has 0 saturated heterocycles. The van der Waals surface area contributed by atoms with Crippen LogP contribution in [0.4, 0.5) is 0 Å². The van der Waals surface area contributed by atoms with Crippen LogP contribution in [0.1, 0.15) is 28.2 Å². The molecule has 0 spiro atoms. The number of para-hydroxylation sites is 1. The van der Waals surface area contributed by atoms with Gasteiger partial charge in [-0.2, -0.15) is 5.26 Å². The van der Waals surface area contributed by atoms with E-state index in [0.717, 1.165) is 22.3 Å². The van der Waals surface area contributed by atoms with Crippen LogP contribution in [0.3, 0.4) is 0 Å². The number of nitrogens with zero attached hydrogens (tertiary/aromatic N) is 1. The maximum absolute atomic E-state index is 12.4. The van der Waals surface area contributed by atoms with Gasteiger partial charge >= 0.3 is 5.97 Å². The van der Waals surface area contributed by atoms with Gasteiger partial charge in [0.05, 0.1) is 5.92 Å². The molecule has 7 nitrogen and oxygen atoms in total. The van der Waals surface area contributed by atoms with E-state index in [2.05, 4.69) is 12.6 Å². The maximum atomic E-state index is 12.4. The SMILES string of the molecule is C=CCOc1ccc(C2C(C#N)=C(N)Oc3cc(OC(=O)COc4c(C)cccc4C)ccc32)cc1. The number of carbonyl (C=O) groups excluding carboxylic acids is 1. The Morgan fingerprint density at radius 3 is 2.44 bits per heavy atom. The predicted molar refractivity (Wildman–Crippen MR) is 135 cm³/mol. The number of allylic oxidation sites excluding steroid dienone is 1. The van der Waals surface area contributed by atoms with E-state index in [-0.39, 0.29) is 18.2 Å². The Morgan fingerprint density at radius 2 is 1.78 bits per heavy atom. The second-order valence-corrected chi connectivity index (χ2v) is 8.28. The lowest BCUT2D eigenvalue weighted by Crippen LogP contribution is -2.22. The van der Waals surface area contributed by atoms with Crippen LogP contribution in [-0.2, 0) is 4.79 Å². The normalized spacial score (nSPS) is 14.2. The maximum Gasteiger partial charge on any atom is 0.349 e. The van der Waals surface area contributed by atoms with Gasteiger partial charge in [-0.3, -0.25) is 0 Å². The molecule has 1 aliphatic rings. The molecule has 1 aliphatic heterocycles. The molecule has 2 N–H and O–H groups in total. The summed E-state index contributed by atoms with van der Waals surface area (Å²) in [4.78, 5) is 12.4. The fourth-order valence-electron chi connectivity index (χ4n) is 4.07. The molecule has 0 bridgehead atoms. The molecule has 7 heteroatoms. The minimum atomic E-state index is -0.554.